The number of methoxy groups -OCH3 is 1. The number of esters is 1. The Morgan fingerprint density at radius 2 is 1.89 bits per heavy atom. The number of nitrogens with zero attached hydrogens (tertiary/aromatic N) is 3. The second-order valence-corrected chi connectivity index (χ2v) is 11.8. The average Bonchev–Trinajstić information content (AvgIpc) is 3.35. The molecule has 2 heterocycles. The molecular formula is C20H29N3O4S. The quantitative estimate of drug-likeness (QED) is 0.683. The van der Waals surface area contributed by atoms with Crippen LogP contribution >= 0.6 is 0 Å². The first-order valence-corrected chi connectivity index (χ1v) is 11.0. The highest BCUT2D eigenvalue weighted by Gasteiger charge is 2.44. The highest BCUT2D eigenvalue weighted by Crippen LogP contribution is 2.34. The molecule has 0 aliphatic heterocycles. The zero-order valence-electron chi connectivity index (χ0n) is 17.4. The van der Waals surface area contributed by atoms with E-state index in [2.05, 4.69) is 35.1 Å². The number of hydrogen-bond acceptors (Lipinski definition) is 6. The van der Waals surface area contributed by atoms with E-state index in [9.17, 15) is 13.2 Å². The normalized spacial score (nSPS) is 15.8. The van der Waals surface area contributed by atoms with Crippen molar-refractivity contribution in [2.75, 3.05) is 7.11 Å². The Balaban J connectivity index is 2.10. The van der Waals surface area contributed by atoms with Crippen LogP contribution in [0.4, 0.5) is 0 Å². The highest BCUT2D eigenvalue weighted by molar-refractivity contribution is 7.93. The monoisotopic (exact) mass is 407 g/mol. The van der Waals surface area contributed by atoms with Crippen molar-refractivity contribution in [1.29, 1.82) is 0 Å². The van der Waals surface area contributed by atoms with Crippen molar-refractivity contribution in [2.24, 2.45) is 11.3 Å². The van der Waals surface area contributed by atoms with Gasteiger partial charge in [0, 0.05) is 19.2 Å². The number of pyridine rings is 1. The fraction of sp³-hybridized carbons (Fsp3) is 0.650. The van der Waals surface area contributed by atoms with Crippen LogP contribution in [-0.2, 0) is 32.3 Å². The third-order valence-corrected chi connectivity index (χ3v) is 7.48. The van der Waals surface area contributed by atoms with Crippen molar-refractivity contribution < 1.29 is 17.9 Å². The molecule has 2 aromatic heterocycles. The first-order valence-electron chi connectivity index (χ1n) is 9.55. The molecule has 2 aromatic rings. The standard InChI is InChI=1S/C20H29N3O4S/c1-19(2,3)10-16-22-15-9-14(28(25,26)20(4,5)18(24)27-6)11-21-17(15)23(16)12-13-7-8-13/h9,11,13H,7-8,10,12H2,1-6H3. The number of sulfone groups is 1. The summed E-state index contributed by atoms with van der Waals surface area (Å²) < 4.78 is 31.2. The molecule has 28 heavy (non-hydrogen) atoms. The zero-order chi connectivity index (χ0) is 20.9. The number of hydrogen-bond donors (Lipinski definition) is 0. The number of imidazole rings is 1. The molecule has 8 heteroatoms. The van der Waals surface area contributed by atoms with E-state index in [0.29, 0.717) is 17.1 Å². The van der Waals surface area contributed by atoms with Crippen molar-refractivity contribution in [3.8, 4) is 0 Å². The molecule has 1 saturated carbocycles. The van der Waals surface area contributed by atoms with Gasteiger partial charge in [0.2, 0.25) is 0 Å². The lowest BCUT2D eigenvalue weighted by Gasteiger charge is -2.21. The van der Waals surface area contributed by atoms with Crippen LogP contribution < -0.4 is 0 Å². The topological polar surface area (TPSA) is 91.2 Å². The van der Waals surface area contributed by atoms with E-state index in [0.717, 1.165) is 18.8 Å². The summed E-state index contributed by atoms with van der Waals surface area (Å²) >= 11 is 0. The van der Waals surface area contributed by atoms with Crippen molar-refractivity contribution in [3.63, 3.8) is 0 Å². The van der Waals surface area contributed by atoms with Gasteiger partial charge in [0.25, 0.3) is 0 Å². The molecule has 1 fully saturated rings. The maximum atomic E-state index is 13.0. The lowest BCUT2D eigenvalue weighted by atomic mass is 9.92. The van der Waals surface area contributed by atoms with Gasteiger partial charge in [-0.3, -0.25) is 4.79 Å². The van der Waals surface area contributed by atoms with Crippen LogP contribution in [0.15, 0.2) is 17.2 Å². The summed E-state index contributed by atoms with van der Waals surface area (Å²) in [4.78, 5) is 21.2. The molecule has 1 aliphatic rings. The molecule has 0 saturated heterocycles. The summed E-state index contributed by atoms with van der Waals surface area (Å²) in [6.07, 6.45) is 4.50. The summed E-state index contributed by atoms with van der Waals surface area (Å²) in [6, 6.07) is 1.53. The minimum atomic E-state index is -3.98. The van der Waals surface area contributed by atoms with Gasteiger partial charge in [-0.1, -0.05) is 20.8 Å². The summed E-state index contributed by atoms with van der Waals surface area (Å²) in [6.45, 7) is 9.99. The third kappa shape index (κ3) is 3.79. The number of ether oxygens (including phenoxy) is 1. The van der Waals surface area contributed by atoms with Crippen LogP contribution in [-0.4, -0.2) is 40.8 Å². The van der Waals surface area contributed by atoms with Crippen LogP contribution in [0.3, 0.4) is 0 Å². The Labute approximate surface area is 166 Å². The van der Waals surface area contributed by atoms with E-state index < -0.39 is 20.6 Å². The summed E-state index contributed by atoms with van der Waals surface area (Å²) in [7, 11) is -2.80. The Morgan fingerprint density at radius 1 is 1.25 bits per heavy atom. The third-order valence-electron chi connectivity index (χ3n) is 5.12. The number of carbonyl (C=O) groups is 1. The van der Waals surface area contributed by atoms with Gasteiger partial charge >= 0.3 is 5.97 Å². The van der Waals surface area contributed by atoms with E-state index in [-0.39, 0.29) is 10.3 Å². The Kier molecular flexibility index (Phi) is 5.06. The van der Waals surface area contributed by atoms with Crippen molar-refractivity contribution in [3.05, 3.63) is 18.1 Å². The maximum absolute atomic E-state index is 13.0. The molecule has 3 rings (SSSR count). The van der Waals surface area contributed by atoms with E-state index in [1.54, 1.807) is 0 Å². The molecule has 0 bridgehead atoms. The minimum Gasteiger partial charge on any atom is -0.468 e. The van der Waals surface area contributed by atoms with Gasteiger partial charge in [-0.15, -0.1) is 0 Å². The van der Waals surface area contributed by atoms with Gasteiger partial charge in [-0.05, 0) is 44.1 Å². The van der Waals surface area contributed by atoms with E-state index in [4.69, 9.17) is 4.98 Å². The van der Waals surface area contributed by atoms with Crippen LogP contribution in [0.2, 0.25) is 0 Å². The predicted molar refractivity (Wildman–Crippen MR) is 107 cm³/mol. The van der Waals surface area contributed by atoms with Gasteiger partial charge in [-0.25, -0.2) is 18.4 Å². The SMILES string of the molecule is COC(=O)C(C)(C)S(=O)(=O)c1cnc2c(c1)nc(CC(C)(C)C)n2CC1CC1. The van der Waals surface area contributed by atoms with Crippen LogP contribution in [0, 0.1) is 11.3 Å². The van der Waals surface area contributed by atoms with Gasteiger partial charge in [-0.2, -0.15) is 0 Å². The number of carbonyl (C=O) groups excluding carboxylic acids is 1. The number of rotatable bonds is 6. The van der Waals surface area contributed by atoms with Gasteiger partial charge in [0.1, 0.15) is 11.3 Å². The zero-order valence-corrected chi connectivity index (χ0v) is 18.3. The Hall–Kier alpha value is -1.96. The molecule has 0 unspecified atom stereocenters. The second-order valence-electron chi connectivity index (χ2n) is 9.34. The van der Waals surface area contributed by atoms with Gasteiger partial charge in [0.05, 0.1) is 12.0 Å². The minimum absolute atomic E-state index is 0.0196. The smallest absolute Gasteiger partial charge is 0.327 e. The molecule has 154 valence electrons. The van der Waals surface area contributed by atoms with Gasteiger partial charge < -0.3 is 9.30 Å². The van der Waals surface area contributed by atoms with Crippen molar-refractivity contribution in [2.45, 2.75) is 70.1 Å². The van der Waals surface area contributed by atoms with E-state index >= 15 is 0 Å². The van der Waals surface area contributed by atoms with Crippen LogP contribution in [0.1, 0.15) is 53.3 Å². The molecule has 0 aromatic carbocycles. The molecule has 0 radical (unpaired) electrons. The van der Waals surface area contributed by atoms with E-state index in [1.807, 2.05) is 0 Å². The van der Waals surface area contributed by atoms with Crippen molar-refractivity contribution >= 4 is 27.0 Å². The van der Waals surface area contributed by atoms with Crippen LogP contribution in [0.5, 0.6) is 0 Å². The first-order chi connectivity index (χ1) is 12.9. The number of aromatic nitrogens is 3. The highest BCUT2D eigenvalue weighted by atomic mass is 32.2. The maximum Gasteiger partial charge on any atom is 0.327 e. The van der Waals surface area contributed by atoms with Gasteiger partial charge in [0.15, 0.2) is 20.2 Å². The molecule has 0 amide bonds. The molecule has 0 atom stereocenters. The Morgan fingerprint density at radius 3 is 2.43 bits per heavy atom. The molecule has 0 spiro atoms. The van der Waals surface area contributed by atoms with E-state index in [1.165, 1.54) is 46.1 Å². The molecular weight excluding hydrogens is 378 g/mol. The van der Waals surface area contributed by atoms with Crippen molar-refractivity contribution in [1.82, 2.24) is 14.5 Å². The number of fused-ring (bicyclic) bond motifs is 1. The lowest BCUT2D eigenvalue weighted by Crippen LogP contribution is -2.41. The molecule has 1 aliphatic carbocycles. The van der Waals surface area contributed by atoms with Crippen LogP contribution in [0.25, 0.3) is 11.2 Å². The largest absolute Gasteiger partial charge is 0.468 e. The fourth-order valence-corrected chi connectivity index (χ4v) is 4.55. The second kappa shape index (κ2) is 6.83. The fourth-order valence-electron chi connectivity index (χ4n) is 3.20. The summed E-state index contributed by atoms with van der Waals surface area (Å²) in [5.74, 6) is 0.753. The molecule has 0 N–H and O–H groups in total. The first kappa shape index (κ1) is 20.8. The summed E-state index contributed by atoms with van der Waals surface area (Å²) in [5.41, 5.74) is 1.28. The molecule has 7 nitrogen and oxygen atoms in total. The Bertz CT molecular complexity index is 1010. The predicted octanol–water partition coefficient (Wildman–Crippen LogP) is 3.16. The lowest BCUT2D eigenvalue weighted by molar-refractivity contribution is -0.142. The average molecular weight is 408 g/mol. The summed E-state index contributed by atoms with van der Waals surface area (Å²) in [5, 5.41) is 0.